The number of carbonyl (C=O) groups excluding carboxylic acids is 2. The second kappa shape index (κ2) is 37.6. The predicted octanol–water partition coefficient (Wildman–Crippen LogP) is 12.8. The molecule has 0 fully saturated rings. The lowest BCUT2D eigenvalue weighted by molar-refractivity contribution is -0.870. The first-order valence-corrected chi connectivity index (χ1v) is 24.3. The summed E-state index contributed by atoms with van der Waals surface area (Å²) >= 11 is 0. The first-order chi connectivity index (χ1) is 26.0. The molecule has 0 bridgehead atoms. The Morgan fingerprint density at radius 2 is 0.833 bits per heavy atom. The van der Waals surface area contributed by atoms with Crippen molar-refractivity contribution in [3.63, 3.8) is 0 Å². The van der Waals surface area contributed by atoms with Gasteiger partial charge in [-0.15, -0.1) is 0 Å². The lowest BCUT2D eigenvalue weighted by atomic mass is 10.0. The zero-order valence-corrected chi connectivity index (χ0v) is 37.1. The second-order valence-electron chi connectivity index (χ2n) is 16.8. The molecule has 0 amide bonds. The summed E-state index contributed by atoms with van der Waals surface area (Å²) in [5.41, 5.74) is 0. The van der Waals surface area contributed by atoms with Crippen LogP contribution < -0.4 is 0 Å². The van der Waals surface area contributed by atoms with Gasteiger partial charge < -0.3 is 18.9 Å². The fourth-order valence-corrected chi connectivity index (χ4v) is 7.29. The molecule has 0 saturated carbocycles. The van der Waals surface area contributed by atoms with Crippen molar-refractivity contribution in [2.45, 2.75) is 225 Å². The number of unbranched alkanes of at least 4 members (excludes halogenated alkanes) is 28. The van der Waals surface area contributed by atoms with E-state index in [9.17, 15) is 19.0 Å². The molecule has 0 heterocycles. The average Bonchev–Trinajstić information content (AvgIpc) is 3.12. The summed E-state index contributed by atoms with van der Waals surface area (Å²) in [5.74, 6) is -0.787. The standard InChI is InChI=1S/C44H88NO8P/c1-6-8-10-12-14-16-17-18-19-20-21-22-23-24-25-26-27-29-31-33-35-37-44(47)53-42(41-52-54(48,49)51-39-38-45(3,4)5)40-50-43(46)36-34-32-30-28-15-13-11-9-7-2/h42H,6-41H2,1-5H3/p+1. The molecule has 2 unspecified atom stereocenters. The smallest absolute Gasteiger partial charge is 0.462 e. The molecule has 0 aromatic rings. The van der Waals surface area contributed by atoms with Gasteiger partial charge in [-0.1, -0.05) is 194 Å². The maximum absolute atomic E-state index is 12.7. The first kappa shape index (κ1) is 53.0. The number of hydrogen-bond donors (Lipinski definition) is 1. The van der Waals surface area contributed by atoms with Crippen molar-refractivity contribution < 1.29 is 42.1 Å². The molecule has 0 aliphatic rings. The molecular formula is C44H89NO8P+. The molecule has 1 N–H and O–H groups in total. The Labute approximate surface area is 334 Å². The van der Waals surface area contributed by atoms with E-state index in [0.717, 1.165) is 38.5 Å². The largest absolute Gasteiger partial charge is 0.472 e. The summed E-state index contributed by atoms with van der Waals surface area (Å²) in [6.07, 6.45) is 37.3. The molecule has 9 nitrogen and oxygen atoms in total. The lowest BCUT2D eigenvalue weighted by Crippen LogP contribution is -2.37. The maximum Gasteiger partial charge on any atom is 0.472 e. The van der Waals surface area contributed by atoms with Crippen molar-refractivity contribution in [2.24, 2.45) is 0 Å². The van der Waals surface area contributed by atoms with Crippen molar-refractivity contribution in [3.8, 4) is 0 Å². The van der Waals surface area contributed by atoms with E-state index in [1.54, 1.807) is 0 Å². The van der Waals surface area contributed by atoms with Crippen LogP contribution in [0.5, 0.6) is 0 Å². The highest BCUT2D eigenvalue weighted by Gasteiger charge is 2.27. The van der Waals surface area contributed by atoms with Crippen LogP contribution in [0, 0.1) is 0 Å². The van der Waals surface area contributed by atoms with Crippen molar-refractivity contribution in [1.82, 2.24) is 0 Å². The SMILES string of the molecule is CCCCCCCCCCCCCCCCCCCCCCCC(=O)OC(COC(=O)CCCCCCCCCCC)COP(=O)(O)OCC[N+](C)(C)C. The summed E-state index contributed by atoms with van der Waals surface area (Å²) in [4.78, 5) is 35.3. The number of quaternary nitrogens is 1. The lowest BCUT2D eigenvalue weighted by Gasteiger charge is -2.24. The van der Waals surface area contributed by atoms with Crippen LogP contribution in [-0.4, -0.2) is 74.9 Å². The Balaban J connectivity index is 4.18. The zero-order chi connectivity index (χ0) is 40.0. The molecule has 322 valence electrons. The van der Waals surface area contributed by atoms with Crippen LogP contribution >= 0.6 is 7.82 Å². The van der Waals surface area contributed by atoms with Gasteiger partial charge in [0, 0.05) is 12.8 Å². The van der Waals surface area contributed by atoms with Crippen molar-refractivity contribution >= 4 is 19.8 Å². The number of phosphoric acid groups is 1. The minimum absolute atomic E-state index is 0.0366. The molecule has 0 rings (SSSR count). The van der Waals surface area contributed by atoms with E-state index in [-0.39, 0.29) is 25.6 Å². The number of hydrogen-bond acceptors (Lipinski definition) is 7. The third-order valence-corrected chi connectivity index (χ3v) is 11.1. The van der Waals surface area contributed by atoms with Gasteiger partial charge in [0.05, 0.1) is 27.7 Å². The Hall–Kier alpha value is -0.990. The average molecular weight is 791 g/mol. The maximum atomic E-state index is 12.7. The van der Waals surface area contributed by atoms with Gasteiger partial charge in [0.2, 0.25) is 0 Å². The third kappa shape index (κ3) is 40.7. The summed E-state index contributed by atoms with van der Waals surface area (Å²) < 4.78 is 34.3. The van der Waals surface area contributed by atoms with Gasteiger partial charge in [-0.05, 0) is 12.8 Å². The van der Waals surface area contributed by atoms with Crippen LogP contribution in [0.15, 0.2) is 0 Å². The number of esters is 2. The van der Waals surface area contributed by atoms with Crippen molar-refractivity contribution in [1.29, 1.82) is 0 Å². The van der Waals surface area contributed by atoms with E-state index < -0.39 is 26.5 Å². The quantitative estimate of drug-likeness (QED) is 0.0282. The predicted molar refractivity (Wildman–Crippen MR) is 225 cm³/mol. The zero-order valence-electron chi connectivity index (χ0n) is 36.2. The van der Waals surface area contributed by atoms with Crippen LogP contribution in [0.3, 0.4) is 0 Å². The van der Waals surface area contributed by atoms with Gasteiger partial charge in [0.1, 0.15) is 19.8 Å². The summed E-state index contributed by atoms with van der Waals surface area (Å²) in [5, 5.41) is 0. The molecular weight excluding hydrogens is 701 g/mol. The van der Waals surface area contributed by atoms with Gasteiger partial charge in [0.25, 0.3) is 0 Å². The molecule has 0 aliphatic carbocycles. The Bertz CT molecular complexity index is 896. The van der Waals surface area contributed by atoms with Gasteiger partial charge in [-0.3, -0.25) is 18.6 Å². The van der Waals surface area contributed by atoms with E-state index >= 15 is 0 Å². The second-order valence-corrected chi connectivity index (χ2v) is 18.3. The normalized spacial score (nSPS) is 13.5. The molecule has 10 heteroatoms. The molecule has 0 aromatic carbocycles. The Kier molecular flexibility index (Phi) is 36.9. The van der Waals surface area contributed by atoms with Gasteiger partial charge >= 0.3 is 19.8 Å². The molecule has 0 radical (unpaired) electrons. The summed E-state index contributed by atoms with van der Waals surface area (Å²) in [6, 6.07) is 0. The number of ether oxygens (including phenoxy) is 2. The summed E-state index contributed by atoms with van der Waals surface area (Å²) in [7, 11) is 1.49. The van der Waals surface area contributed by atoms with E-state index in [2.05, 4.69) is 13.8 Å². The third-order valence-electron chi connectivity index (χ3n) is 10.1. The minimum Gasteiger partial charge on any atom is -0.462 e. The fraction of sp³-hybridized carbons (Fsp3) is 0.955. The van der Waals surface area contributed by atoms with Crippen LogP contribution in [0.25, 0.3) is 0 Å². The minimum atomic E-state index is -4.36. The molecule has 54 heavy (non-hydrogen) atoms. The number of rotatable bonds is 42. The van der Waals surface area contributed by atoms with Crippen LogP contribution in [-0.2, 0) is 32.7 Å². The summed E-state index contributed by atoms with van der Waals surface area (Å²) in [6.45, 7) is 4.44. The van der Waals surface area contributed by atoms with Crippen molar-refractivity contribution in [2.75, 3.05) is 47.5 Å². The van der Waals surface area contributed by atoms with Crippen LogP contribution in [0.4, 0.5) is 0 Å². The topological polar surface area (TPSA) is 108 Å². The van der Waals surface area contributed by atoms with Gasteiger partial charge in [-0.2, -0.15) is 0 Å². The number of nitrogens with zero attached hydrogens (tertiary/aromatic N) is 1. The molecule has 0 aromatic heterocycles. The van der Waals surface area contributed by atoms with E-state index in [4.69, 9.17) is 18.5 Å². The molecule has 0 saturated heterocycles. The highest BCUT2D eigenvalue weighted by atomic mass is 31.2. The highest BCUT2D eigenvalue weighted by molar-refractivity contribution is 7.47. The van der Waals surface area contributed by atoms with Gasteiger partial charge in [-0.25, -0.2) is 4.57 Å². The van der Waals surface area contributed by atoms with Crippen LogP contribution in [0.1, 0.15) is 219 Å². The van der Waals surface area contributed by atoms with Crippen molar-refractivity contribution in [3.05, 3.63) is 0 Å². The van der Waals surface area contributed by atoms with E-state index in [1.165, 1.54) is 154 Å². The number of phosphoric ester groups is 1. The Morgan fingerprint density at radius 3 is 1.19 bits per heavy atom. The monoisotopic (exact) mass is 791 g/mol. The molecule has 0 aliphatic heterocycles. The fourth-order valence-electron chi connectivity index (χ4n) is 6.54. The molecule has 0 spiro atoms. The number of likely N-dealkylation sites (N-methyl/N-ethyl adjacent to an activating group) is 1. The Morgan fingerprint density at radius 1 is 0.500 bits per heavy atom. The highest BCUT2D eigenvalue weighted by Crippen LogP contribution is 2.43. The van der Waals surface area contributed by atoms with E-state index in [0.29, 0.717) is 17.4 Å². The van der Waals surface area contributed by atoms with E-state index in [1.807, 2.05) is 21.1 Å². The van der Waals surface area contributed by atoms with Crippen LogP contribution in [0.2, 0.25) is 0 Å². The number of carbonyl (C=O) groups is 2. The van der Waals surface area contributed by atoms with Gasteiger partial charge in [0.15, 0.2) is 6.10 Å². The first-order valence-electron chi connectivity index (χ1n) is 22.8. The molecule has 2 atom stereocenters.